The van der Waals surface area contributed by atoms with Crippen molar-refractivity contribution < 1.29 is 5.11 Å². The Labute approximate surface area is 212 Å². The number of aliphatic hydroxyl groups is 1. The molecule has 1 aliphatic carbocycles. The number of piperidine rings is 1. The predicted molar refractivity (Wildman–Crippen MR) is 146 cm³/mol. The molecule has 3 aromatic carbocycles. The smallest absolute Gasteiger partial charge is 0.117 e. The Bertz CT molecular complexity index is 1010. The van der Waals surface area contributed by atoms with Crippen LogP contribution in [0.1, 0.15) is 72.8 Å². The molecule has 2 aliphatic rings. The molecule has 0 amide bonds. The highest BCUT2D eigenvalue weighted by Crippen LogP contribution is 2.41. The van der Waals surface area contributed by atoms with E-state index in [2.05, 4.69) is 47.4 Å². The van der Waals surface area contributed by atoms with Gasteiger partial charge in [-0.15, -0.1) is 0 Å². The van der Waals surface area contributed by atoms with E-state index in [1.54, 1.807) is 11.1 Å². The number of fused-ring (bicyclic) bond motifs is 1. The molecule has 1 aliphatic heterocycles. The van der Waals surface area contributed by atoms with E-state index in [9.17, 15) is 5.11 Å². The van der Waals surface area contributed by atoms with Crippen LogP contribution in [0.4, 0.5) is 0 Å². The summed E-state index contributed by atoms with van der Waals surface area (Å²) in [6.45, 7) is 3.32. The van der Waals surface area contributed by atoms with Crippen molar-refractivity contribution in [3.8, 4) is 0 Å². The molecule has 0 radical (unpaired) electrons. The standard InChI is InChI=1S/C33H41NO/c35-33(30-15-6-2-7-16-30,31-17-8-3-9-18-31)32-21-24-34(25-22-32)23-11-10-12-27-19-20-28-13-4-1-5-14-29(28)26-27/h2-3,6-9,15-20,26,32,35H,1,4-5,10-14,21-25H2. The van der Waals surface area contributed by atoms with Crippen LogP contribution in [-0.4, -0.2) is 29.6 Å². The second kappa shape index (κ2) is 11.5. The molecule has 0 atom stereocenters. The Hall–Kier alpha value is -2.42. The maximum atomic E-state index is 12.1. The van der Waals surface area contributed by atoms with Crippen LogP contribution in [0.2, 0.25) is 0 Å². The molecule has 0 saturated carbocycles. The minimum Gasteiger partial charge on any atom is -0.380 e. The molecule has 0 aromatic heterocycles. The summed E-state index contributed by atoms with van der Waals surface area (Å²) in [5, 5.41) is 12.1. The van der Waals surface area contributed by atoms with Gasteiger partial charge in [0.25, 0.3) is 0 Å². The van der Waals surface area contributed by atoms with Gasteiger partial charge in [0.05, 0.1) is 0 Å². The fraction of sp³-hybridized carbons (Fsp3) is 0.455. The Morgan fingerprint density at radius 3 is 2.00 bits per heavy atom. The van der Waals surface area contributed by atoms with Gasteiger partial charge in [0.1, 0.15) is 5.60 Å². The van der Waals surface area contributed by atoms with Crippen molar-refractivity contribution >= 4 is 0 Å². The van der Waals surface area contributed by atoms with Gasteiger partial charge in [-0.05, 0) is 111 Å². The molecule has 184 valence electrons. The number of aryl methyl sites for hydroxylation is 3. The third kappa shape index (κ3) is 5.71. The van der Waals surface area contributed by atoms with Crippen molar-refractivity contribution in [3.05, 3.63) is 107 Å². The van der Waals surface area contributed by atoms with Crippen LogP contribution < -0.4 is 0 Å². The van der Waals surface area contributed by atoms with E-state index in [4.69, 9.17) is 0 Å². The van der Waals surface area contributed by atoms with Crippen LogP contribution in [0, 0.1) is 5.92 Å². The molecule has 1 heterocycles. The first-order chi connectivity index (χ1) is 17.2. The fourth-order valence-corrected chi connectivity index (χ4v) is 6.38. The summed E-state index contributed by atoms with van der Waals surface area (Å²) in [6.07, 6.45) is 12.4. The third-order valence-electron chi connectivity index (χ3n) is 8.46. The predicted octanol–water partition coefficient (Wildman–Crippen LogP) is 6.93. The first-order valence-electron chi connectivity index (χ1n) is 13.9. The highest BCUT2D eigenvalue weighted by molar-refractivity contribution is 5.37. The molecule has 5 rings (SSSR count). The van der Waals surface area contributed by atoms with Crippen molar-refractivity contribution in [1.82, 2.24) is 4.90 Å². The molecule has 3 aromatic rings. The molecular formula is C33H41NO. The molecule has 2 nitrogen and oxygen atoms in total. The van der Waals surface area contributed by atoms with Crippen LogP contribution >= 0.6 is 0 Å². The van der Waals surface area contributed by atoms with Crippen LogP contribution in [0.5, 0.6) is 0 Å². The zero-order valence-corrected chi connectivity index (χ0v) is 21.2. The molecule has 1 fully saturated rings. The van der Waals surface area contributed by atoms with Crippen LogP contribution in [0.25, 0.3) is 0 Å². The SMILES string of the molecule is OC(c1ccccc1)(c1ccccc1)C1CCN(CCCCc2ccc3c(c2)CCCCC3)CC1. The lowest BCUT2D eigenvalue weighted by Crippen LogP contribution is -2.44. The summed E-state index contributed by atoms with van der Waals surface area (Å²) in [5.74, 6) is 0.239. The second-order valence-electron chi connectivity index (χ2n) is 10.7. The van der Waals surface area contributed by atoms with Gasteiger partial charge >= 0.3 is 0 Å². The lowest BCUT2D eigenvalue weighted by molar-refractivity contribution is -0.0143. The van der Waals surface area contributed by atoms with Crippen molar-refractivity contribution in [2.75, 3.05) is 19.6 Å². The first-order valence-corrected chi connectivity index (χ1v) is 13.9. The molecule has 0 unspecified atom stereocenters. The molecule has 0 spiro atoms. The normalized spacial score (nSPS) is 17.6. The Morgan fingerprint density at radius 2 is 1.34 bits per heavy atom. The lowest BCUT2D eigenvalue weighted by Gasteiger charge is -2.42. The first kappa shape index (κ1) is 24.3. The summed E-state index contributed by atoms with van der Waals surface area (Å²) < 4.78 is 0. The number of hydrogen-bond donors (Lipinski definition) is 1. The maximum Gasteiger partial charge on any atom is 0.117 e. The maximum absolute atomic E-state index is 12.1. The molecule has 1 saturated heterocycles. The van der Waals surface area contributed by atoms with Gasteiger partial charge in [0.15, 0.2) is 0 Å². The van der Waals surface area contributed by atoms with Crippen molar-refractivity contribution in [3.63, 3.8) is 0 Å². The van der Waals surface area contributed by atoms with Crippen LogP contribution in [-0.2, 0) is 24.9 Å². The quantitative estimate of drug-likeness (QED) is 0.287. The average molecular weight is 468 g/mol. The summed E-state index contributed by atoms with van der Waals surface area (Å²) in [5.41, 5.74) is 5.86. The number of rotatable bonds is 8. The Balaban J connectivity index is 1.14. The molecule has 2 heteroatoms. The van der Waals surface area contributed by atoms with Gasteiger partial charge in [-0.3, -0.25) is 0 Å². The van der Waals surface area contributed by atoms with E-state index in [-0.39, 0.29) is 5.92 Å². The molecule has 35 heavy (non-hydrogen) atoms. The summed E-state index contributed by atoms with van der Waals surface area (Å²) in [6, 6.07) is 27.9. The number of benzene rings is 3. The van der Waals surface area contributed by atoms with E-state index in [1.165, 1.54) is 63.5 Å². The van der Waals surface area contributed by atoms with Gasteiger partial charge in [-0.25, -0.2) is 0 Å². The fourth-order valence-electron chi connectivity index (χ4n) is 6.38. The summed E-state index contributed by atoms with van der Waals surface area (Å²) in [4.78, 5) is 2.62. The number of nitrogens with zero attached hydrogens (tertiary/aromatic N) is 1. The van der Waals surface area contributed by atoms with Crippen LogP contribution in [0.3, 0.4) is 0 Å². The van der Waals surface area contributed by atoms with Crippen molar-refractivity contribution in [2.24, 2.45) is 5.92 Å². The second-order valence-corrected chi connectivity index (χ2v) is 10.7. The number of unbranched alkanes of at least 4 members (excludes halogenated alkanes) is 1. The lowest BCUT2D eigenvalue weighted by atomic mass is 9.72. The zero-order valence-electron chi connectivity index (χ0n) is 21.2. The average Bonchev–Trinajstić information content (AvgIpc) is 3.17. The molecule has 1 N–H and O–H groups in total. The monoisotopic (exact) mass is 467 g/mol. The molecule has 0 bridgehead atoms. The largest absolute Gasteiger partial charge is 0.380 e. The highest BCUT2D eigenvalue weighted by atomic mass is 16.3. The van der Waals surface area contributed by atoms with Gasteiger partial charge in [-0.1, -0.05) is 85.3 Å². The van der Waals surface area contributed by atoms with Gasteiger partial charge in [0, 0.05) is 0 Å². The van der Waals surface area contributed by atoms with Crippen LogP contribution in [0.15, 0.2) is 78.9 Å². The minimum atomic E-state index is -0.917. The van der Waals surface area contributed by atoms with E-state index in [0.717, 1.165) is 37.1 Å². The van der Waals surface area contributed by atoms with Crippen molar-refractivity contribution in [2.45, 2.75) is 69.8 Å². The van der Waals surface area contributed by atoms with Crippen molar-refractivity contribution in [1.29, 1.82) is 0 Å². The Kier molecular flexibility index (Phi) is 8.01. The summed E-state index contributed by atoms with van der Waals surface area (Å²) in [7, 11) is 0. The van der Waals surface area contributed by atoms with E-state index < -0.39 is 5.60 Å². The Morgan fingerprint density at radius 1 is 0.714 bits per heavy atom. The van der Waals surface area contributed by atoms with E-state index in [1.807, 2.05) is 36.4 Å². The van der Waals surface area contributed by atoms with E-state index in [0.29, 0.717) is 0 Å². The molecular weight excluding hydrogens is 426 g/mol. The van der Waals surface area contributed by atoms with Gasteiger partial charge in [-0.2, -0.15) is 0 Å². The number of likely N-dealkylation sites (tertiary alicyclic amines) is 1. The van der Waals surface area contributed by atoms with E-state index >= 15 is 0 Å². The highest BCUT2D eigenvalue weighted by Gasteiger charge is 2.41. The third-order valence-corrected chi connectivity index (χ3v) is 8.46. The minimum absolute atomic E-state index is 0.239. The van der Waals surface area contributed by atoms with Gasteiger partial charge < -0.3 is 10.0 Å². The zero-order chi connectivity index (χ0) is 23.9. The van der Waals surface area contributed by atoms with Gasteiger partial charge in [0.2, 0.25) is 0 Å². The number of hydrogen-bond acceptors (Lipinski definition) is 2. The topological polar surface area (TPSA) is 23.5 Å². The summed E-state index contributed by atoms with van der Waals surface area (Å²) >= 11 is 0.